The Balaban J connectivity index is 1.95. The first kappa shape index (κ1) is 13.9. The average Bonchev–Trinajstić information content (AvgIpc) is 2.30. The summed E-state index contributed by atoms with van der Waals surface area (Å²) >= 11 is 0. The van der Waals surface area contributed by atoms with Gasteiger partial charge in [-0.15, -0.1) is 0 Å². The SMILES string of the molecule is CC(CC1COCCN1)NCCOCCO. The molecular formula is C11H24N2O3. The second-order valence-corrected chi connectivity index (χ2v) is 4.15. The van der Waals surface area contributed by atoms with Crippen LogP contribution in [0.5, 0.6) is 0 Å². The fraction of sp³-hybridized carbons (Fsp3) is 1.00. The van der Waals surface area contributed by atoms with E-state index in [0.29, 0.717) is 25.3 Å². The van der Waals surface area contributed by atoms with Crippen LogP contribution in [-0.2, 0) is 9.47 Å². The number of aliphatic hydroxyl groups excluding tert-OH is 1. The molecule has 2 unspecified atom stereocenters. The van der Waals surface area contributed by atoms with Gasteiger partial charge in [0, 0.05) is 25.2 Å². The van der Waals surface area contributed by atoms with Crippen LogP contribution < -0.4 is 10.6 Å². The molecule has 1 aliphatic heterocycles. The van der Waals surface area contributed by atoms with Crippen molar-refractivity contribution in [3.63, 3.8) is 0 Å². The minimum Gasteiger partial charge on any atom is -0.394 e. The van der Waals surface area contributed by atoms with E-state index >= 15 is 0 Å². The van der Waals surface area contributed by atoms with Crippen molar-refractivity contribution in [3.05, 3.63) is 0 Å². The Hall–Kier alpha value is -0.200. The largest absolute Gasteiger partial charge is 0.394 e. The molecule has 1 fully saturated rings. The van der Waals surface area contributed by atoms with Crippen LogP contribution in [-0.4, -0.2) is 63.3 Å². The zero-order chi connectivity index (χ0) is 11.6. The van der Waals surface area contributed by atoms with Crippen LogP contribution in [0.2, 0.25) is 0 Å². The number of rotatable bonds is 8. The first-order valence-electron chi connectivity index (χ1n) is 6.06. The maximum atomic E-state index is 8.52. The van der Waals surface area contributed by atoms with Gasteiger partial charge < -0.3 is 25.2 Å². The van der Waals surface area contributed by atoms with Gasteiger partial charge in [-0.3, -0.25) is 0 Å². The Morgan fingerprint density at radius 3 is 3.12 bits per heavy atom. The quantitative estimate of drug-likeness (QED) is 0.486. The van der Waals surface area contributed by atoms with E-state index in [2.05, 4.69) is 17.6 Å². The molecule has 5 heteroatoms. The van der Waals surface area contributed by atoms with Crippen LogP contribution in [0.3, 0.4) is 0 Å². The monoisotopic (exact) mass is 232 g/mol. The lowest BCUT2D eigenvalue weighted by atomic mass is 10.1. The molecule has 3 N–H and O–H groups in total. The predicted octanol–water partition coefficient (Wildman–Crippen LogP) is -0.648. The highest BCUT2D eigenvalue weighted by atomic mass is 16.5. The number of nitrogens with one attached hydrogen (secondary N) is 2. The van der Waals surface area contributed by atoms with Crippen LogP contribution in [0.1, 0.15) is 13.3 Å². The first-order chi connectivity index (χ1) is 7.83. The molecule has 2 atom stereocenters. The van der Waals surface area contributed by atoms with Crippen molar-refractivity contribution in [1.29, 1.82) is 0 Å². The van der Waals surface area contributed by atoms with Gasteiger partial charge >= 0.3 is 0 Å². The van der Waals surface area contributed by atoms with Crippen LogP contribution in [0.15, 0.2) is 0 Å². The molecule has 1 rings (SSSR count). The molecule has 16 heavy (non-hydrogen) atoms. The average molecular weight is 232 g/mol. The van der Waals surface area contributed by atoms with Crippen LogP contribution in [0, 0.1) is 0 Å². The predicted molar refractivity (Wildman–Crippen MR) is 62.6 cm³/mol. The van der Waals surface area contributed by atoms with E-state index in [1.54, 1.807) is 0 Å². The van der Waals surface area contributed by atoms with Gasteiger partial charge in [0.25, 0.3) is 0 Å². The molecule has 0 aromatic rings. The Morgan fingerprint density at radius 1 is 1.56 bits per heavy atom. The number of ether oxygens (including phenoxy) is 2. The Kier molecular flexibility index (Phi) is 7.71. The summed E-state index contributed by atoms with van der Waals surface area (Å²) in [4.78, 5) is 0. The molecule has 96 valence electrons. The number of hydrogen-bond acceptors (Lipinski definition) is 5. The zero-order valence-electron chi connectivity index (χ0n) is 10.1. The zero-order valence-corrected chi connectivity index (χ0v) is 10.1. The minimum atomic E-state index is 0.0961. The molecule has 0 bridgehead atoms. The lowest BCUT2D eigenvalue weighted by Gasteiger charge is -2.26. The summed E-state index contributed by atoms with van der Waals surface area (Å²) in [5.41, 5.74) is 0. The molecule has 1 aliphatic rings. The summed E-state index contributed by atoms with van der Waals surface area (Å²) in [5, 5.41) is 15.3. The summed E-state index contributed by atoms with van der Waals surface area (Å²) < 4.78 is 10.6. The molecule has 0 aliphatic carbocycles. The second-order valence-electron chi connectivity index (χ2n) is 4.15. The topological polar surface area (TPSA) is 62.8 Å². The fourth-order valence-corrected chi connectivity index (χ4v) is 1.83. The summed E-state index contributed by atoms with van der Waals surface area (Å²) in [6.45, 7) is 6.76. The standard InChI is InChI=1S/C11H24N2O3/c1-10(12-2-5-15-7-4-14)8-11-9-16-6-3-13-11/h10-14H,2-9H2,1H3. The lowest BCUT2D eigenvalue weighted by Crippen LogP contribution is -2.45. The summed E-state index contributed by atoms with van der Waals surface area (Å²) in [7, 11) is 0. The first-order valence-corrected chi connectivity index (χ1v) is 6.06. The smallest absolute Gasteiger partial charge is 0.0698 e. The molecule has 5 nitrogen and oxygen atoms in total. The van der Waals surface area contributed by atoms with Crippen molar-refractivity contribution in [2.75, 3.05) is 46.1 Å². The summed E-state index contributed by atoms with van der Waals surface area (Å²) in [5.74, 6) is 0. The highest BCUT2D eigenvalue weighted by Gasteiger charge is 2.15. The number of morpholine rings is 1. The Bertz CT molecular complexity index is 163. The molecule has 0 amide bonds. The van der Waals surface area contributed by atoms with Crippen molar-refractivity contribution in [1.82, 2.24) is 10.6 Å². The van der Waals surface area contributed by atoms with Crippen molar-refractivity contribution in [2.45, 2.75) is 25.4 Å². The van der Waals surface area contributed by atoms with Gasteiger partial charge in [-0.25, -0.2) is 0 Å². The molecule has 0 spiro atoms. The van der Waals surface area contributed by atoms with Gasteiger partial charge in [0.2, 0.25) is 0 Å². The maximum Gasteiger partial charge on any atom is 0.0698 e. The van der Waals surface area contributed by atoms with Gasteiger partial charge in [-0.2, -0.15) is 0 Å². The molecule has 1 heterocycles. The third-order valence-corrected chi connectivity index (χ3v) is 2.61. The minimum absolute atomic E-state index is 0.0961. The summed E-state index contributed by atoms with van der Waals surface area (Å²) in [6, 6.07) is 0.923. The van der Waals surface area contributed by atoms with Gasteiger partial charge in [0.05, 0.1) is 33.0 Å². The van der Waals surface area contributed by atoms with Crippen LogP contribution >= 0.6 is 0 Å². The van der Waals surface area contributed by atoms with E-state index in [1.807, 2.05) is 0 Å². The van der Waals surface area contributed by atoms with Crippen molar-refractivity contribution in [3.8, 4) is 0 Å². The van der Waals surface area contributed by atoms with E-state index in [9.17, 15) is 0 Å². The molecule has 0 aromatic heterocycles. The van der Waals surface area contributed by atoms with Crippen molar-refractivity contribution in [2.24, 2.45) is 0 Å². The van der Waals surface area contributed by atoms with Gasteiger partial charge in [-0.05, 0) is 13.3 Å². The number of aliphatic hydroxyl groups is 1. The summed E-state index contributed by atoms with van der Waals surface area (Å²) in [6.07, 6.45) is 1.07. The third-order valence-electron chi connectivity index (χ3n) is 2.61. The Morgan fingerprint density at radius 2 is 2.44 bits per heavy atom. The molecule has 1 saturated heterocycles. The van der Waals surface area contributed by atoms with E-state index in [-0.39, 0.29) is 6.61 Å². The second kappa shape index (κ2) is 8.90. The van der Waals surface area contributed by atoms with Crippen LogP contribution in [0.4, 0.5) is 0 Å². The highest BCUT2D eigenvalue weighted by molar-refractivity contribution is 4.75. The normalized spacial score (nSPS) is 23.2. The highest BCUT2D eigenvalue weighted by Crippen LogP contribution is 2.01. The molecule has 0 radical (unpaired) electrons. The molecule has 0 aromatic carbocycles. The van der Waals surface area contributed by atoms with E-state index in [1.165, 1.54) is 0 Å². The molecule has 0 saturated carbocycles. The van der Waals surface area contributed by atoms with E-state index in [4.69, 9.17) is 14.6 Å². The van der Waals surface area contributed by atoms with Crippen molar-refractivity contribution < 1.29 is 14.6 Å². The number of hydrogen-bond donors (Lipinski definition) is 3. The lowest BCUT2D eigenvalue weighted by molar-refractivity contribution is 0.0695. The third kappa shape index (κ3) is 6.40. The van der Waals surface area contributed by atoms with Gasteiger partial charge in [-0.1, -0.05) is 0 Å². The van der Waals surface area contributed by atoms with Gasteiger partial charge in [0.1, 0.15) is 0 Å². The Labute approximate surface area is 97.5 Å². The van der Waals surface area contributed by atoms with Crippen LogP contribution in [0.25, 0.3) is 0 Å². The fourth-order valence-electron chi connectivity index (χ4n) is 1.83. The van der Waals surface area contributed by atoms with Gasteiger partial charge in [0.15, 0.2) is 0 Å². The maximum absolute atomic E-state index is 8.52. The van der Waals surface area contributed by atoms with E-state index < -0.39 is 0 Å². The molecular weight excluding hydrogens is 208 g/mol. The van der Waals surface area contributed by atoms with Crippen molar-refractivity contribution >= 4 is 0 Å². The van der Waals surface area contributed by atoms with E-state index in [0.717, 1.165) is 32.7 Å².